The lowest BCUT2D eigenvalue weighted by Crippen LogP contribution is -2.60. The third kappa shape index (κ3) is 6.15. The van der Waals surface area contributed by atoms with Gasteiger partial charge in [0.25, 0.3) is 0 Å². The third-order valence-corrected chi connectivity index (χ3v) is 6.04. The Morgan fingerprint density at radius 3 is 2.52 bits per heavy atom. The van der Waals surface area contributed by atoms with E-state index < -0.39 is 6.04 Å². The van der Waals surface area contributed by atoms with E-state index in [2.05, 4.69) is 15.5 Å². The molecule has 1 saturated carbocycles. The minimum atomic E-state index is -0.576. The van der Waals surface area contributed by atoms with Crippen LogP contribution in [-0.4, -0.2) is 61.1 Å². The molecule has 1 unspecified atom stereocenters. The molecule has 2 N–H and O–H groups in total. The molecule has 0 aromatic heterocycles. The molecule has 0 radical (unpaired) electrons. The Bertz CT molecular complexity index is 693. The van der Waals surface area contributed by atoms with Crippen molar-refractivity contribution in [1.29, 1.82) is 0 Å². The summed E-state index contributed by atoms with van der Waals surface area (Å²) in [4.78, 5) is 27.3. The molecular formula is C23H33N3O3. The van der Waals surface area contributed by atoms with Gasteiger partial charge in [-0.25, -0.2) is 0 Å². The van der Waals surface area contributed by atoms with Gasteiger partial charge in [0, 0.05) is 31.2 Å². The lowest BCUT2D eigenvalue weighted by molar-refractivity contribution is -0.127. The van der Waals surface area contributed by atoms with Crippen LogP contribution in [0.3, 0.4) is 0 Å². The number of carbonyl (C=O) groups is 2. The van der Waals surface area contributed by atoms with Crippen LogP contribution in [0.1, 0.15) is 44.6 Å². The Kier molecular flexibility index (Phi) is 7.83. The summed E-state index contributed by atoms with van der Waals surface area (Å²) < 4.78 is 5.52. The van der Waals surface area contributed by atoms with Crippen LogP contribution >= 0.6 is 0 Å². The standard InChI is InChI=1S/C23H33N3O3/c1-19(25-21(27)11-10-20-8-4-2-5-9-20)22(28)24-18-23(12-6-3-7-13-23)26-14-16-29-17-15-26/h2,4-5,8-11,19H,3,6-7,12-18H2,1H3,(H,24,28)(H,25,27). The third-order valence-electron chi connectivity index (χ3n) is 6.04. The first-order valence-electron chi connectivity index (χ1n) is 10.7. The number of nitrogens with zero attached hydrogens (tertiary/aromatic N) is 1. The average Bonchev–Trinajstić information content (AvgIpc) is 2.78. The van der Waals surface area contributed by atoms with E-state index in [9.17, 15) is 9.59 Å². The lowest BCUT2D eigenvalue weighted by atomic mass is 9.79. The van der Waals surface area contributed by atoms with Crippen molar-refractivity contribution in [2.75, 3.05) is 32.8 Å². The van der Waals surface area contributed by atoms with Crippen molar-refractivity contribution in [3.63, 3.8) is 0 Å². The van der Waals surface area contributed by atoms with Crippen molar-refractivity contribution in [2.45, 2.75) is 50.6 Å². The van der Waals surface area contributed by atoms with E-state index >= 15 is 0 Å². The predicted molar refractivity (Wildman–Crippen MR) is 114 cm³/mol. The van der Waals surface area contributed by atoms with E-state index in [0.717, 1.165) is 44.7 Å². The Hall–Kier alpha value is -2.18. The summed E-state index contributed by atoms with van der Waals surface area (Å²) in [6, 6.07) is 9.05. The Balaban J connectivity index is 1.51. The van der Waals surface area contributed by atoms with Crippen LogP contribution in [0.4, 0.5) is 0 Å². The van der Waals surface area contributed by atoms with Crippen LogP contribution in [0.15, 0.2) is 36.4 Å². The van der Waals surface area contributed by atoms with E-state index in [0.29, 0.717) is 6.54 Å². The summed E-state index contributed by atoms with van der Waals surface area (Å²) in [6.07, 6.45) is 9.08. The van der Waals surface area contributed by atoms with Gasteiger partial charge >= 0.3 is 0 Å². The Labute approximate surface area is 173 Å². The topological polar surface area (TPSA) is 70.7 Å². The lowest BCUT2D eigenvalue weighted by Gasteiger charge is -2.48. The number of nitrogens with one attached hydrogen (secondary N) is 2. The van der Waals surface area contributed by atoms with Gasteiger partial charge in [-0.05, 0) is 31.4 Å². The number of rotatable bonds is 7. The van der Waals surface area contributed by atoms with Crippen LogP contribution < -0.4 is 10.6 Å². The maximum atomic E-state index is 12.6. The second-order valence-corrected chi connectivity index (χ2v) is 8.08. The minimum absolute atomic E-state index is 0.0225. The van der Waals surface area contributed by atoms with Gasteiger partial charge in [0.2, 0.25) is 11.8 Å². The molecule has 6 heteroatoms. The molecule has 3 rings (SSSR count). The van der Waals surface area contributed by atoms with Crippen molar-refractivity contribution in [1.82, 2.24) is 15.5 Å². The maximum Gasteiger partial charge on any atom is 0.244 e. The molecule has 1 aliphatic heterocycles. The zero-order chi connectivity index (χ0) is 20.5. The zero-order valence-corrected chi connectivity index (χ0v) is 17.4. The summed E-state index contributed by atoms with van der Waals surface area (Å²) in [7, 11) is 0. The number of benzene rings is 1. The van der Waals surface area contributed by atoms with Gasteiger partial charge in [-0.3, -0.25) is 14.5 Å². The fraction of sp³-hybridized carbons (Fsp3) is 0.565. The molecule has 1 atom stereocenters. The highest BCUT2D eigenvalue weighted by atomic mass is 16.5. The first-order valence-corrected chi connectivity index (χ1v) is 10.7. The monoisotopic (exact) mass is 399 g/mol. The molecule has 2 fully saturated rings. The molecule has 1 heterocycles. The Morgan fingerprint density at radius 1 is 1.14 bits per heavy atom. The Morgan fingerprint density at radius 2 is 1.83 bits per heavy atom. The van der Waals surface area contributed by atoms with Crippen LogP contribution in [0.5, 0.6) is 0 Å². The van der Waals surface area contributed by atoms with Gasteiger partial charge in [-0.1, -0.05) is 49.6 Å². The van der Waals surface area contributed by atoms with Crippen molar-refractivity contribution < 1.29 is 14.3 Å². The normalized spacial score (nSPS) is 20.9. The minimum Gasteiger partial charge on any atom is -0.379 e. The van der Waals surface area contributed by atoms with Gasteiger partial charge in [-0.15, -0.1) is 0 Å². The van der Waals surface area contributed by atoms with Crippen LogP contribution in [0.2, 0.25) is 0 Å². The highest BCUT2D eigenvalue weighted by Crippen LogP contribution is 2.33. The van der Waals surface area contributed by atoms with E-state index in [1.54, 1.807) is 13.0 Å². The molecule has 6 nitrogen and oxygen atoms in total. The molecule has 1 aliphatic carbocycles. The van der Waals surface area contributed by atoms with Crippen LogP contribution in [-0.2, 0) is 14.3 Å². The van der Waals surface area contributed by atoms with Gasteiger partial charge < -0.3 is 15.4 Å². The molecular weight excluding hydrogens is 366 g/mol. The highest BCUT2D eigenvalue weighted by Gasteiger charge is 2.39. The predicted octanol–water partition coefficient (Wildman–Crippen LogP) is 2.36. The second-order valence-electron chi connectivity index (χ2n) is 8.08. The largest absolute Gasteiger partial charge is 0.379 e. The fourth-order valence-corrected chi connectivity index (χ4v) is 4.32. The van der Waals surface area contributed by atoms with E-state index in [4.69, 9.17) is 4.74 Å². The van der Waals surface area contributed by atoms with Crippen molar-refractivity contribution in [3.05, 3.63) is 42.0 Å². The van der Waals surface area contributed by atoms with Gasteiger partial charge in [0.05, 0.1) is 13.2 Å². The molecule has 2 aliphatic rings. The van der Waals surface area contributed by atoms with Gasteiger partial charge in [0.15, 0.2) is 0 Å². The number of morpholine rings is 1. The number of amides is 2. The van der Waals surface area contributed by atoms with Crippen LogP contribution in [0.25, 0.3) is 6.08 Å². The molecule has 1 aromatic carbocycles. The summed E-state index contributed by atoms with van der Waals surface area (Å²) in [5.41, 5.74) is 0.971. The zero-order valence-electron chi connectivity index (χ0n) is 17.4. The van der Waals surface area contributed by atoms with Crippen molar-refractivity contribution in [2.24, 2.45) is 0 Å². The quantitative estimate of drug-likeness (QED) is 0.691. The number of ether oxygens (including phenoxy) is 1. The average molecular weight is 400 g/mol. The summed E-state index contributed by atoms with van der Waals surface area (Å²) in [5, 5.41) is 5.87. The molecule has 1 aromatic rings. The molecule has 0 bridgehead atoms. The van der Waals surface area contributed by atoms with Crippen LogP contribution in [0, 0.1) is 0 Å². The summed E-state index contributed by atoms with van der Waals surface area (Å²) >= 11 is 0. The SMILES string of the molecule is CC(NC(=O)C=Cc1ccccc1)C(=O)NCC1(N2CCOCC2)CCCCC1. The maximum absolute atomic E-state index is 12.6. The van der Waals surface area contributed by atoms with Gasteiger partial charge in [0.1, 0.15) is 6.04 Å². The fourth-order valence-electron chi connectivity index (χ4n) is 4.32. The first kappa shape index (κ1) is 21.5. The first-order chi connectivity index (χ1) is 14.1. The van der Waals surface area contributed by atoms with E-state index in [1.807, 2.05) is 30.3 Å². The van der Waals surface area contributed by atoms with E-state index in [1.165, 1.54) is 25.3 Å². The number of hydrogen-bond acceptors (Lipinski definition) is 4. The smallest absolute Gasteiger partial charge is 0.244 e. The van der Waals surface area contributed by atoms with E-state index in [-0.39, 0.29) is 17.4 Å². The number of hydrogen-bond donors (Lipinski definition) is 2. The molecule has 0 spiro atoms. The molecule has 1 saturated heterocycles. The second kappa shape index (κ2) is 10.6. The highest BCUT2D eigenvalue weighted by molar-refractivity contribution is 5.95. The molecule has 158 valence electrons. The summed E-state index contributed by atoms with van der Waals surface area (Å²) in [6.45, 7) is 5.72. The molecule has 2 amide bonds. The summed E-state index contributed by atoms with van der Waals surface area (Å²) in [5.74, 6) is -0.401. The van der Waals surface area contributed by atoms with Crippen molar-refractivity contribution in [3.8, 4) is 0 Å². The van der Waals surface area contributed by atoms with Gasteiger partial charge in [-0.2, -0.15) is 0 Å². The molecule has 29 heavy (non-hydrogen) atoms. The number of carbonyl (C=O) groups excluding carboxylic acids is 2. The van der Waals surface area contributed by atoms with Crippen molar-refractivity contribution >= 4 is 17.9 Å².